The molecule has 1 rings (SSSR count). The van der Waals surface area contributed by atoms with Gasteiger partial charge in [-0.15, -0.1) is 0 Å². The lowest BCUT2D eigenvalue weighted by molar-refractivity contribution is 0.164. The lowest BCUT2D eigenvalue weighted by atomic mass is 9.98. The fourth-order valence-electron chi connectivity index (χ4n) is 1.15. The summed E-state index contributed by atoms with van der Waals surface area (Å²) in [6.45, 7) is 1.61. The fourth-order valence-corrected chi connectivity index (χ4v) is 1.15. The van der Waals surface area contributed by atoms with Gasteiger partial charge >= 0.3 is 0 Å². The zero-order valence-corrected chi connectivity index (χ0v) is 7.44. The quantitative estimate of drug-likeness (QED) is 0.704. The molecule has 0 heterocycles. The Labute approximate surface area is 77.4 Å². The van der Waals surface area contributed by atoms with Crippen LogP contribution in [0.2, 0.25) is 0 Å². The summed E-state index contributed by atoms with van der Waals surface area (Å²) in [6, 6.07) is 8.58. The van der Waals surface area contributed by atoms with Gasteiger partial charge in [0.1, 0.15) is 0 Å². The normalized spacial score (nSPS) is 14.6. The van der Waals surface area contributed by atoms with Crippen molar-refractivity contribution in [1.82, 2.24) is 0 Å². The number of nitrogens with zero attached hydrogens (tertiary/aromatic N) is 1. The maximum absolute atomic E-state index is 9.26. The van der Waals surface area contributed by atoms with Crippen molar-refractivity contribution >= 4 is 0 Å². The first-order valence-electron chi connectivity index (χ1n) is 4.09. The van der Waals surface area contributed by atoms with Crippen LogP contribution in [0.5, 0.6) is 0 Å². The summed E-state index contributed by atoms with van der Waals surface area (Å²) in [5.41, 5.74) is 6.93. The molecule has 0 fully saturated rings. The molecule has 0 radical (unpaired) electrons. The maximum Gasteiger partial charge on any atom is 0.0995 e. The van der Waals surface area contributed by atoms with Crippen LogP contribution in [-0.4, -0.2) is 11.2 Å². The van der Waals surface area contributed by atoms with Crippen LogP contribution in [-0.2, 0) is 0 Å². The highest BCUT2D eigenvalue weighted by Crippen LogP contribution is 2.17. The lowest BCUT2D eigenvalue weighted by Crippen LogP contribution is -2.23. The Morgan fingerprint density at radius 3 is 2.62 bits per heavy atom. The molecule has 0 saturated heterocycles. The van der Waals surface area contributed by atoms with Crippen molar-refractivity contribution < 1.29 is 5.11 Å². The van der Waals surface area contributed by atoms with Gasteiger partial charge in [-0.05, 0) is 18.6 Å². The number of nitriles is 1. The van der Waals surface area contributed by atoms with Gasteiger partial charge in [-0.1, -0.05) is 18.2 Å². The van der Waals surface area contributed by atoms with Crippen LogP contribution in [0, 0.1) is 11.3 Å². The number of rotatable bonds is 2. The van der Waals surface area contributed by atoms with Crippen LogP contribution in [0.4, 0.5) is 0 Å². The molecule has 1 aromatic rings. The van der Waals surface area contributed by atoms with Gasteiger partial charge in [-0.25, -0.2) is 0 Å². The summed E-state index contributed by atoms with van der Waals surface area (Å²) >= 11 is 0. The van der Waals surface area contributed by atoms with Crippen LogP contribution >= 0.6 is 0 Å². The lowest BCUT2D eigenvalue weighted by Gasteiger charge is -2.15. The smallest absolute Gasteiger partial charge is 0.0995 e. The van der Waals surface area contributed by atoms with Crippen molar-refractivity contribution in [3.05, 3.63) is 35.4 Å². The zero-order valence-electron chi connectivity index (χ0n) is 7.44. The van der Waals surface area contributed by atoms with Gasteiger partial charge < -0.3 is 10.8 Å². The molecule has 0 aromatic heterocycles. The predicted molar refractivity (Wildman–Crippen MR) is 49.8 cm³/mol. The first-order valence-corrected chi connectivity index (χ1v) is 4.09. The van der Waals surface area contributed by atoms with E-state index in [1.54, 1.807) is 31.2 Å². The Balaban J connectivity index is 3.07. The average Bonchev–Trinajstić information content (AvgIpc) is 2.16. The number of aliphatic hydroxyl groups is 1. The Kier molecular flexibility index (Phi) is 3.02. The van der Waals surface area contributed by atoms with E-state index in [0.717, 1.165) is 0 Å². The molecule has 13 heavy (non-hydrogen) atoms. The van der Waals surface area contributed by atoms with E-state index >= 15 is 0 Å². The second-order valence-corrected chi connectivity index (χ2v) is 2.97. The molecule has 0 unspecified atom stereocenters. The van der Waals surface area contributed by atoms with Gasteiger partial charge in [0, 0.05) is 0 Å². The van der Waals surface area contributed by atoms with Crippen LogP contribution in [0.1, 0.15) is 24.1 Å². The number of benzene rings is 1. The second kappa shape index (κ2) is 4.04. The minimum atomic E-state index is -0.644. The number of aliphatic hydroxyl groups excluding tert-OH is 1. The molecule has 0 saturated carbocycles. The molecular weight excluding hydrogens is 164 g/mol. The Morgan fingerprint density at radius 1 is 1.46 bits per heavy atom. The molecule has 2 atom stereocenters. The average molecular weight is 176 g/mol. The van der Waals surface area contributed by atoms with Crippen molar-refractivity contribution in [2.75, 3.05) is 0 Å². The third-order valence-corrected chi connectivity index (χ3v) is 1.96. The van der Waals surface area contributed by atoms with E-state index in [-0.39, 0.29) is 0 Å². The first-order chi connectivity index (χ1) is 6.16. The summed E-state index contributed by atoms with van der Waals surface area (Å²) in [5, 5.41) is 18.0. The van der Waals surface area contributed by atoms with E-state index in [4.69, 9.17) is 11.0 Å². The summed E-state index contributed by atoms with van der Waals surface area (Å²) in [5.74, 6) is 0. The van der Waals surface area contributed by atoms with Gasteiger partial charge in [-0.2, -0.15) is 5.26 Å². The topological polar surface area (TPSA) is 70.0 Å². The molecule has 0 aliphatic heterocycles. The molecule has 0 spiro atoms. The molecular formula is C10H12N2O. The van der Waals surface area contributed by atoms with Gasteiger partial charge in [0.05, 0.1) is 23.8 Å². The van der Waals surface area contributed by atoms with Gasteiger partial charge in [0.25, 0.3) is 0 Å². The highest BCUT2D eigenvalue weighted by atomic mass is 16.3. The van der Waals surface area contributed by atoms with Crippen molar-refractivity contribution in [3.63, 3.8) is 0 Å². The van der Waals surface area contributed by atoms with E-state index in [9.17, 15) is 5.11 Å². The second-order valence-electron chi connectivity index (χ2n) is 2.97. The van der Waals surface area contributed by atoms with Crippen LogP contribution in [0.25, 0.3) is 0 Å². The highest BCUT2D eigenvalue weighted by Gasteiger charge is 2.14. The SMILES string of the molecule is C[C@H](O)[C@H](N)c1ccccc1C#N. The zero-order chi connectivity index (χ0) is 9.84. The summed E-state index contributed by atoms with van der Waals surface area (Å²) in [7, 11) is 0. The Morgan fingerprint density at radius 2 is 2.08 bits per heavy atom. The van der Waals surface area contributed by atoms with Crippen molar-refractivity contribution in [3.8, 4) is 6.07 Å². The molecule has 1 aromatic carbocycles. The van der Waals surface area contributed by atoms with Crippen LogP contribution in [0.15, 0.2) is 24.3 Å². The summed E-state index contributed by atoms with van der Waals surface area (Å²) in [6.07, 6.45) is -0.644. The summed E-state index contributed by atoms with van der Waals surface area (Å²) in [4.78, 5) is 0. The maximum atomic E-state index is 9.26. The fraction of sp³-hybridized carbons (Fsp3) is 0.300. The molecule has 3 N–H and O–H groups in total. The minimum absolute atomic E-state index is 0.490. The standard InChI is InChI=1S/C10H12N2O/c1-7(13)10(12)9-5-3-2-4-8(9)6-11/h2-5,7,10,13H,12H2,1H3/t7-,10-/m0/s1. The number of hydrogen-bond acceptors (Lipinski definition) is 3. The third kappa shape index (κ3) is 2.05. The summed E-state index contributed by atoms with van der Waals surface area (Å²) < 4.78 is 0. The van der Waals surface area contributed by atoms with E-state index in [0.29, 0.717) is 11.1 Å². The molecule has 0 aliphatic carbocycles. The Bertz CT molecular complexity index is 328. The molecule has 0 amide bonds. The molecule has 68 valence electrons. The van der Waals surface area contributed by atoms with Crippen LogP contribution < -0.4 is 5.73 Å². The van der Waals surface area contributed by atoms with Gasteiger partial charge in [0.2, 0.25) is 0 Å². The van der Waals surface area contributed by atoms with E-state index < -0.39 is 12.1 Å². The Hall–Kier alpha value is -1.37. The minimum Gasteiger partial charge on any atom is -0.391 e. The molecule has 0 bridgehead atoms. The van der Waals surface area contributed by atoms with Crippen molar-refractivity contribution in [2.45, 2.75) is 19.1 Å². The van der Waals surface area contributed by atoms with E-state index in [1.165, 1.54) is 0 Å². The number of hydrogen-bond donors (Lipinski definition) is 2. The highest BCUT2D eigenvalue weighted by molar-refractivity contribution is 5.39. The van der Waals surface area contributed by atoms with Crippen molar-refractivity contribution in [2.24, 2.45) is 5.73 Å². The van der Waals surface area contributed by atoms with Crippen LogP contribution in [0.3, 0.4) is 0 Å². The monoisotopic (exact) mass is 176 g/mol. The molecule has 0 aliphatic rings. The predicted octanol–water partition coefficient (Wildman–Crippen LogP) is 0.939. The van der Waals surface area contributed by atoms with Gasteiger partial charge in [-0.3, -0.25) is 0 Å². The first kappa shape index (κ1) is 9.72. The molecule has 3 heteroatoms. The van der Waals surface area contributed by atoms with Crippen molar-refractivity contribution in [1.29, 1.82) is 5.26 Å². The number of nitrogens with two attached hydrogens (primary N) is 1. The largest absolute Gasteiger partial charge is 0.391 e. The van der Waals surface area contributed by atoms with E-state index in [2.05, 4.69) is 0 Å². The molecule has 3 nitrogen and oxygen atoms in total. The van der Waals surface area contributed by atoms with Gasteiger partial charge in [0.15, 0.2) is 0 Å². The third-order valence-electron chi connectivity index (χ3n) is 1.96. The van der Waals surface area contributed by atoms with E-state index in [1.807, 2.05) is 6.07 Å².